The molecule has 28 heavy (non-hydrogen) atoms. The summed E-state index contributed by atoms with van der Waals surface area (Å²) in [6.45, 7) is 0.382. The van der Waals surface area contributed by atoms with E-state index in [-0.39, 0.29) is 18.0 Å². The molecule has 1 heterocycles. The van der Waals surface area contributed by atoms with Gasteiger partial charge < -0.3 is 4.90 Å². The highest BCUT2D eigenvalue weighted by atomic mass is 16.2. The van der Waals surface area contributed by atoms with Crippen LogP contribution in [0.5, 0.6) is 0 Å². The number of hydrogen-bond donors (Lipinski definition) is 1. The summed E-state index contributed by atoms with van der Waals surface area (Å²) in [5.74, 6) is 0.170. The molecule has 0 spiro atoms. The topological polar surface area (TPSA) is 32.3 Å². The van der Waals surface area contributed by atoms with Crippen molar-refractivity contribution >= 4 is 27.5 Å². The van der Waals surface area contributed by atoms with Crippen molar-refractivity contribution in [3.05, 3.63) is 96.1 Å². The van der Waals surface area contributed by atoms with Crippen LogP contribution in [-0.4, -0.2) is 30.6 Å². The van der Waals surface area contributed by atoms with E-state index in [0.29, 0.717) is 6.54 Å². The number of hydrogen-bond acceptors (Lipinski definition) is 2. The molecular formula is C25H22N2O. The van der Waals surface area contributed by atoms with Crippen molar-refractivity contribution in [2.75, 3.05) is 13.6 Å². The molecule has 3 nitrogen and oxygen atoms in total. The maximum absolute atomic E-state index is 12.3. The Kier molecular flexibility index (Phi) is 4.10. The molecule has 4 aromatic carbocycles. The van der Waals surface area contributed by atoms with Crippen LogP contribution in [0.2, 0.25) is 0 Å². The number of nitrogens with one attached hydrogen (secondary N) is 1. The number of fused-ring (bicyclic) bond motifs is 2. The van der Waals surface area contributed by atoms with Gasteiger partial charge in [-0.3, -0.25) is 10.1 Å². The molecule has 1 saturated heterocycles. The number of rotatable bonds is 3. The van der Waals surface area contributed by atoms with Gasteiger partial charge >= 0.3 is 0 Å². The monoisotopic (exact) mass is 366 g/mol. The van der Waals surface area contributed by atoms with Crippen molar-refractivity contribution in [2.24, 2.45) is 0 Å². The molecule has 1 aliphatic rings. The van der Waals surface area contributed by atoms with Crippen LogP contribution in [0.1, 0.15) is 17.0 Å². The number of carbonyl (C=O) groups is 1. The minimum atomic E-state index is -0.0795. The van der Waals surface area contributed by atoms with Gasteiger partial charge in [0.1, 0.15) is 0 Å². The molecule has 0 aromatic heterocycles. The molecule has 138 valence electrons. The van der Waals surface area contributed by atoms with Crippen molar-refractivity contribution in [3.8, 4) is 0 Å². The third-order valence-corrected chi connectivity index (χ3v) is 5.91. The van der Waals surface area contributed by atoms with Crippen LogP contribution < -0.4 is 5.32 Å². The standard InChI is InChI=1S/C25H22N2O/c1-27-23(28)16-26-25(27)24(21-14-6-10-17-8-2-4-12-19(17)21)22-15-7-11-18-9-3-5-13-20(18)22/h2-15,24-26H,16H2,1H3. The molecule has 4 aromatic rings. The Morgan fingerprint density at radius 2 is 1.29 bits per heavy atom. The Morgan fingerprint density at radius 1 is 0.786 bits per heavy atom. The van der Waals surface area contributed by atoms with Gasteiger partial charge in [0.25, 0.3) is 0 Å². The fourth-order valence-electron chi connectivity index (χ4n) is 4.50. The third kappa shape index (κ3) is 2.67. The van der Waals surface area contributed by atoms with Gasteiger partial charge in [0.15, 0.2) is 0 Å². The Morgan fingerprint density at radius 3 is 1.79 bits per heavy atom. The lowest BCUT2D eigenvalue weighted by Gasteiger charge is -2.31. The second-order valence-corrected chi connectivity index (χ2v) is 7.44. The average molecular weight is 366 g/mol. The smallest absolute Gasteiger partial charge is 0.237 e. The van der Waals surface area contributed by atoms with Crippen molar-refractivity contribution < 1.29 is 4.79 Å². The second kappa shape index (κ2) is 6.77. The van der Waals surface area contributed by atoms with Crippen LogP contribution in [0.3, 0.4) is 0 Å². The van der Waals surface area contributed by atoms with Crippen LogP contribution in [0.4, 0.5) is 0 Å². The van der Waals surface area contributed by atoms with E-state index in [0.717, 1.165) is 0 Å². The lowest BCUT2D eigenvalue weighted by atomic mass is 9.83. The molecule has 0 radical (unpaired) electrons. The van der Waals surface area contributed by atoms with E-state index in [4.69, 9.17) is 0 Å². The molecule has 5 rings (SSSR count). The Bertz CT molecular complexity index is 1090. The zero-order chi connectivity index (χ0) is 19.1. The average Bonchev–Trinajstić information content (AvgIpc) is 3.07. The molecule has 1 fully saturated rings. The SMILES string of the molecule is CN1C(=O)CNC1C(c1cccc2ccccc12)c1cccc2ccccc12. The lowest BCUT2D eigenvalue weighted by molar-refractivity contribution is -0.126. The van der Waals surface area contributed by atoms with E-state index in [1.165, 1.54) is 32.7 Å². The van der Waals surface area contributed by atoms with Gasteiger partial charge in [0.05, 0.1) is 12.7 Å². The highest BCUT2D eigenvalue weighted by Crippen LogP contribution is 2.38. The summed E-state index contributed by atoms with van der Waals surface area (Å²) < 4.78 is 0. The number of likely N-dealkylation sites (N-methyl/N-ethyl adjacent to an activating group) is 1. The first-order chi connectivity index (χ1) is 13.7. The van der Waals surface area contributed by atoms with E-state index in [2.05, 4.69) is 90.2 Å². The zero-order valence-corrected chi connectivity index (χ0v) is 15.8. The first-order valence-corrected chi connectivity index (χ1v) is 9.68. The molecule has 1 unspecified atom stereocenters. The van der Waals surface area contributed by atoms with Gasteiger partial charge in [-0.05, 0) is 32.7 Å². The molecule has 0 bridgehead atoms. The molecule has 1 atom stereocenters. The fraction of sp³-hybridized carbons (Fsp3) is 0.160. The number of carbonyl (C=O) groups excluding carboxylic acids is 1. The van der Waals surface area contributed by atoms with Crippen LogP contribution in [0.15, 0.2) is 84.9 Å². The van der Waals surface area contributed by atoms with Gasteiger partial charge in [-0.2, -0.15) is 0 Å². The first-order valence-electron chi connectivity index (χ1n) is 9.68. The molecule has 0 aliphatic carbocycles. The van der Waals surface area contributed by atoms with Gasteiger partial charge in [-0.1, -0.05) is 84.9 Å². The predicted molar refractivity (Wildman–Crippen MR) is 114 cm³/mol. The molecular weight excluding hydrogens is 344 g/mol. The molecule has 1 aliphatic heterocycles. The number of benzene rings is 4. The van der Waals surface area contributed by atoms with Crippen molar-refractivity contribution in [1.29, 1.82) is 0 Å². The van der Waals surface area contributed by atoms with Crippen molar-refractivity contribution in [2.45, 2.75) is 12.1 Å². The summed E-state index contributed by atoms with van der Waals surface area (Å²) in [6, 6.07) is 29.9. The molecule has 1 N–H and O–H groups in total. The first kappa shape index (κ1) is 17.0. The van der Waals surface area contributed by atoms with E-state index >= 15 is 0 Å². The molecule has 0 saturated carbocycles. The Balaban J connectivity index is 1.80. The zero-order valence-electron chi connectivity index (χ0n) is 15.8. The fourth-order valence-corrected chi connectivity index (χ4v) is 4.50. The van der Waals surface area contributed by atoms with Gasteiger partial charge in [0, 0.05) is 13.0 Å². The van der Waals surface area contributed by atoms with Crippen LogP contribution in [-0.2, 0) is 4.79 Å². The normalized spacial score (nSPS) is 17.1. The number of amides is 1. The summed E-state index contributed by atoms with van der Waals surface area (Å²) in [5, 5.41) is 8.37. The van der Waals surface area contributed by atoms with E-state index in [9.17, 15) is 4.79 Å². The summed E-state index contributed by atoms with van der Waals surface area (Å²) >= 11 is 0. The summed E-state index contributed by atoms with van der Waals surface area (Å²) in [5.41, 5.74) is 2.49. The lowest BCUT2D eigenvalue weighted by Crippen LogP contribution is -2.40. The summed E-state index contributed by atoms with van der Waals surface area (Å²) in [6.07, 6.45) is -0.0795. The maximum Gasteiger partial charge on any atom is 0.237 e. The van der Waals surface area contributed by atoms with Gasteiger partial charge in [-0.25, -0.2) is 0 Å². The van der Waals surface area contributed by atoms with E-state index < -0.39 is 0 Å². The highest BCUT2D eigenvalue weighted by molar-refractivity contribution is 5.91. The van der Waals surface area contributed by atoms with Crippen LogP contribution in [0.25, 0.3) is 21.5 Å². The Labute approximate surface area is 164 Å². The molecule has 3 heteroatoms. The summed E-state index contributed by atoms with van der Waals surface area (Å²) in [4.78, 5) is 14.2. The van der Waals surface area contributed by atoms with E-state index in [1.807, 2.05) is 11.9 Å². The summed E-state index contributed by atoms with van der Waals surface area (Å²) in [7, 11) is 1.90. The van der Waals surface area contributed by atoms with Gasteiger partial charge in [-0.15, -0.1) is 0 Å². The molecule has 1 amide bonds. The van der Waals surface area contributed by atoms with Crippen LogP contribution in [0, 0.1) is 0 Å². The van der Waals surface area contributed by atoms with Crippen molar-refractivity contribution in [3.63, 3.8) is 0 Å². The van der Waals surface area contributed by atoms with E-state index in [1.54, 1.807) is 0 Å². The number of nitrogens with zero attached hydrogens (tertiary/aromatic N) is 1. The highest BCUT2D eigenvalue weighted by Gasteiger charge is 2.36. The van der Waals surface area contributed by atoms with Gasteiger partial charge in [0.2, 0.25) is 5.91 Å². The third-order valence-electron chi connectivity index (χ3n) is 5.91. The minimum Gasteiger partial charge on any atom is -0.328 e. The largest absolute Gasteiger partial charge is 0.328 e. The second-order valence-electron chi connectivity index (χ2n) is 7.44. The van der Waals surface area contributed by atoms with Crippen molar-refractivity contribution in [1.82, 2.24) is 10.2 Å². The quantitative estimate of drug-likeness (QED) is 0.578. The predicted octanol–water partition coefficient (Wildman–Crippen LogP) is 4.51. The minimum absolute atomic E-state index is 0.0358. The Hall–Kier alpha value is -3.17. The van der Waals surface area contributed by atoms with Crippen LogP contribution >= 0.6 is 0 Å². The maximum atomic E-state index is 12.3.